The third kappa shape index (κ3) is 7.40. The molecule has 3 aromatic carbocycles. The quantitative estimate of drug-likeness (QED) is 0.353. The first-order chi connectivity index (χ1) is 19.6. The van der Waals surface area contributed by atoms with Crippen molar-refractivity contribution in [2.45, 2.75) is 32.4 Å². The summed E-state index contributed by atoms with van der Waals surface area (Å²) in [5, 5.41) is 2.98. The molecule has 0 atom stereocenters. The highest BCUT2D eigenvalue weighted by molar-refractivity contribution is 5.91. The second kappa shape index (κ2) is 13.5. The lowest BCUT2D eigenvalue weighted by atomic mass is 10.0. The fraction of sp³-hybridized carbons (Fsp3) is 0.375. The molecule has 1 aliphatic heterocycles. The zero-order chi connectivity index (χ0) is 27.7. The van der Waals surface area contributed by atoms with Crippen LogP contribution in [0.2, 0.25) is 0 Å². The van der Waals surface area contributed by atoms with Crippen LogP contribution in [0.4, 0.5) is 16.2 Å². The number of nitrogens with one attached hydrogen (secondary N) is 1. The van der Waals surface area contributed by atoms with Gasteiger partial charge in [-0.15, -0.1) is 0 Å². The summed E-state index contributed by atoms with van der Waals surface area (Å²) in [5.74, 6) is 0.401. The molecule has 0 radical (unpaired) electrons. The Bertz CT molecular complexity index is 1290. The largest absolute Gasteiger partial charge is 0.444 e. The Morgan fingerprint density at radius 3 is 2.45 bits per heavy atom. The summed E-state index contributed by atoms with van der Waals surface area (Å²) in [6.07, 6.45) is 2.25. The summed E-state index contributed by atoms with van der Waals surface area (Å²) in [4.78, 5) is 29.9. The molecule has 8 heteroatoms. The van der Waals surface area contributed by atoms with Crippen LogP contribution in [0.15, 0.2) is 72.8 Å². The van der Waals surface area contributed by atoms with E-state index in [1.165, 1.54) is 0 Å². The van der Waals surface area contributed by atoms with Gasteiger partial charge < -0.3 is 25.0 Å². The second-order valence-corrected chi connectivity index (χ2v) is 10.4. The normalized spacial score (nSPS) is 15.0. The molecule has 1 heterocycles. The van der Waals surface area contributed by atoms with Gasteiger partial charge in [-0.05, 0) is 66.3 Å². The third-order valence-corrected chi connectivity index (χ3v) is 7.30. The molecule has 2 fully saturated rings. The van der Waals surface area contributed by atoms with Crippen LogP contribution in [-0.4, -0.2) is 56.3 Å². The van der Waals surface area contributed by atoms with Gasteiger partial charge in [0.1, 0.15) is 6.61 Å². The Kier molecular flexibility index (Phi) is 9.31. The minimum atomic E-state index is -0.501. The van der Waals surface area contributed by atoms with Crippen LogP contribution in [0.5, 0.6) is 0 Å². The van der Waals surface area contributed by atoms with Gasteiger partial charge in [0.05, 0.1) is 24.6 Å². The molecule has 1 saturated heterocycles. The molecule has 3 N–H and O–H groups in total. The van der Waals surface area contributed by atoms with E-state index in [0.717, 1.165) is 60.3 Å². The monoisotopic (exact) mass is 542 g/mol. The summed E-state index contributed by atoms with van der Waals surface area (Å²) in [6.45, 7) is 4.76. The standard InChI is InChI=1S/C32H38N4O4/c33-14-5-15-36(31(37)26-10-11-26)22-25-8-4-9-27(20-25)28-12-13-30(35-16-18-39-19-17-35)29(21-28)34-32(38)40-23-24-6-2-1-3-7-24/h1-4,6-9,12-13,20-21,26H,5,10-11,14-19,22-23,33H2,(H,34,38). The van der Waals surface area contributed by atoms with E-state index in [1.807, 2.05) is 53.4 Å². The van der Waals surface area contributed by atoms with Crippen molar-refractivity contribution in [2.24, 2.45) is 11.7 Å². The number of ether oxygens (including phenoxy) is 2. The smallest absolute Gasteiger partial charge is 0.412 e. The molecule has 0 aromatic heterocycles. The van der Waals surface area contributed by atoms with Crippen molar-refractivity contribution in [3.8, 4) is 11.1 Å². The Morgan fingerprint density at radius 1 is 0.950 bits per heavy atom. The number of nitrogens with zero attached hydrogens (tertiary/aromatic N) is 2. The topological polar surface area (TPSA) is 97.1 Å². The van der Waals surface area contributed by atoms with E-state index in [4.69, 9.17) is 15.2 Å². The number of morpholine rings is 1. The zero-order valence-corrected chi connectivity index (χ0v) is 22.9. The summed E-state index contributed by atoms with van der Waals surface area (Å²) in [6, 6.07) is 24.0. The molecule has 0 unspecified atom stereocenters. The second-order valence-electron chi connectivity index (χ2n) is 10.4. The lowest BCUT2D eigenvalue weighted by molar-refractivity contribution is -0.133. The molecular formula is C32H38N4O4. The van der Waals surface area contributed by atoms with Crippen molar-refractivity contribution in [1.82, 2.24) is 4.90 Å². The minimum absolute atomic E-state index is 0.170. The zero-order valence-electron chi connectivity index (χ0n) is 22.9. The molecule has 40 heavy (non-hydrogen) atoms. The van der Waals surface area contributed by atoms with Crippen molar-refractivity contribution in [3.63, 3.8) is 0 Å². The van der Waals surface area contributed by atoms with Gasteiger partial charge in [0, 0.05) is 32.1 Å². The first-order valence-electron chi connectivity index (χ1n) is 14.1. The van der Waals surface area contributed by atoms with Gasteiger partial charge in [-0.2, -0.15) is 0 Å². The number of benzene rings is 3. The van der Waals surface area contributed by atoms with Crippen LogP contribution in [-0.2, 0) is 27.4 Å². The van der Waals surface area contributed by atoms with Gasteiger partial charge in [-0.25, -0.2) is 4.79 Å². The highest BCUT2D eigenvalue weighted by Crippen LogP contribution is 2.34. The molecule has 2 aliphatic rings. The summed E-state index contributed by atoms with van der Waals surface area (Å²) >= 11 is 0. The van der Waals surface area contributed by atoms with Crippen LogP contribution < -0.4 is 16.0 Å². The maximum atomic E-state index is 12.9. The van der Waals surface area contributed by atoms with E-state index in [0.29, 0.717) is 38.5 Å². The number of carbonyl (C=O) groups is 2. The van der Waals surface area contributed by atoms with E-state index in [-0.39, 0.29) is 18.4 Å². The number of anilines is 2. The van der Waals surface area contributed by atoms with Crippen molar-refractivity contribution in [2.75, 3.05) is 49.6 Å². The van der Waals surface area contributed by atoms with Crippen LogP contribution in [0.25, 0.3) is 11.1 Å². The van der Waals surface area contributed by atoms with E-state index >= 15 is 0 Å². The summed E-state index contributed by atoms with van der Waals surface area (Å²) in [7, 11) is 0. The first kappa shape index (κ1) is 27.7. The van der Waals surface area contributed by atoms with Crippen LogP contribution in [0, 0.1) is 5.92 Å². The van der Waals surface area contributed by atoms with Crippen molar-refractivity contribution < 1.29 is 19.1 Å². The van der Waals surface area contributed by atoms with E-state index in [1.54, 1.807) is 0 Å². The lowest BCUT2D eigenvalue weighted by Crippen LogP contribution is -2.36. The summed E-state index contributed by atoms with van der Waals surface area (Å²) in [5.41, 5.74) is 11.3. The molecule has 210 valence electrons. The maximum absolute atomic E-state index is 12.9. The van der Waals surface area contributed by atoms with E-state index < -0.39 is 6.09 Å². The predicted octanol–water partition coefficient (Wildman–Crippen LogP) is 5.03. The minimum Gasteiger partial charge on any atom is -0.444 e. The average molecular weight is 543 g/mol. The predicted molar refractivity (Wildman–Crippen MR) is 157 cm³/mol. The molecule has 0 spiro atoms. The Hall–Kier alpha value is -3.88. The Balaban J connectivity index is 1.35. The molecule has 0 bridgehead atoms. The highest BCUT2D eigenvalue weighted by atomic mass is 16.5. The van der Waals surface area contributed by atoms with Gasteiger partial charge in [0.25, 0.3) is 0 Å². The first-order valence-corrected chi connectivity index (χ1v) is 14.1. The number of carbonyl (C=O) groups excluding carboxylic acids is 2. The average Bonchev–Trinajstić information content (AvgIpc) is 3.85. The Morgan fingerprint density at radius 2 is 1.70 bits per heavy atom. The van der Waals surface area contributed by atoms with Gasteiger partial charge in [-0.1, -0.05) is 54.6 Å². The van der Waals surface area contributed by atoms with Crippen molar-refractivity contribution in [1.29, 1.82) is 0 Å². The van der Waals surface area contributed by atoms with E-state index in [2.05, 4.69) is 34.5 Å². The highest BCUT2D eigenvalue weighted by Gasteiger charge is 2.33. The molecule has 8 nitrogen and oxygen atoms in total. The summed E-state index contributed by atoms with van der Waals surface area (Å²) < 4.78 is 11.1. The van der Waals surface area contributed by atoms with Gasteiger partial charge in [-0.3, -0.25) is 10.1 Å². The van der Waals surface area contributed by atoms with Crippen molar-refractivity contribution >= 4 is 23.4 Å². The molecule has 1 saturated carbocycles. The fourth-order valence-corrected chi connectivity index (χ4v) is 4.97. The molecule has 2 amide bonds. The maximum Gasteiger partial charge on any atom is 0.412 e. The van der Waals surface area contributed by atoms with Crippen molar-refractivity contribution in [3.05, 3.63) is 83.9 Å². The molecule has 3 aromatic rings. The van der Waals surface area contributed by atoms with Gasteiger partial charge in [0.15, 0.2) is 0 Å². The van der Waals surface area contributed by atoms with Gasteiger partial charge >= 0.3 is 6.09 Å². The number of rotatable bonds is 11. The van der Waals surface area contributed by atoms with Crippen LogP contribution in [0.1, 0.15) is 30.4 Å². The molecular weight excluding hydrogens is 504 g/mol. The number of hydrogen-bond donors (Lipinski definition) is 2. The van der Waals surface area contributed by atoms with Crippen LogP contribution in [0.3, 0.4) is 0 Å². The molecule has 5 rings (SSSR count). The van der Waals surface area contributed by atoms with E-state index in [9.17, 15) is 9.59 Å². The Labute approximate surface area is 236 Å². The number of nitrogens with two attached hydrogens (primary N) is 1. The number of amides is 2. The van der Waals surface area contributed by atoms with Crippen LogP contribution >= 0.6 is 0 Å². The lowest BCUT2D eigenvalue weighted by Gasteiger charge is -2.30. The number of hydrogen-bond acceptors (Lipinski definition) is 6. The third-order valence-electron chi connectivity index (χ3n) is 7.30. The van der Waals surface area contributed by atoms with Gasteiger partial charge in [0.2, 0.25) is 5.91 Å². The fourth-order valence-electron chi connectivity index (χ4n) is 4.97. The SMILES string of the molecule is NCCCN(Cc1cccc(-c2ccc(N3CCOCC3)c(NC(=O)OCc3ccccc3)c2)c1)C(=O)C1CC1. The molecule has 1 aliphatic carbocycles.